The maximum atomic E-state index is 12.4. The molecule has 0 aromatic carbocycles. The maximum Gasteiger partial charge on any atom is 0.258 e. The Kier molecular flexibility index (Phi) is 4.78. The number of carbonyl (C=O) groups is 2. The van der Waals surface area contributed by atoms with Crippen LogP contribution >= 0.6 is 21.6 Å². The SMILES string of the molecule is CC(C)N1C(=O)C=C(C(C)(C)SSc2ccccn2)C1=O. The Balaban J connectivity index is 2.11. The largest absolute Gasteiger partial charge is 0.273 e. The summed E-state index contributed by atoms with van der Waals surface area (Å²) in [6.45, 7) is 7.59. The zero-order chi connectivity index (χ0) is 15.6. The molecule has 1 aliphatic heterocycles. The van der Waals surface area contributed by atoms with Crippen molar-refractivity contribution in [3.05, 3.63) is 36.0 Å². The number of imide groups is 1. The Morgan fingerprint density at radius 2 is 1.95 bits per heavy atom. The van der Waals surface area contributed by atoms with Crippen LogP contribution in [0, 0.1) is 0 Å². The molecule has 21 heavy (non-hydrogen) atoms. The molecule has 0 saturated carbocycles. The highest BCUT2D eigenvalue weighted by Gasteiger charge is 2.41. The Morgan fingerprint density at radius 1 is 1.24 bits per heavy atom. The minimum Gasteiger partial charge on any atom is -0.273 e. The van der Waals surface area contributed by atoms with E-state index in [0.717, 1.165) is 5.03 Å². The van der Waals surface area contributed by atoms with Crippen LogP contribution in [-0.4, -0.2) is 32.5 Å². The first-order valence-electron chi connectivity index (χ1n) is 6.69. The van der Waals surface area contributed by atoms with Gasteiger partial charge in [0.05, 0.1) is 4.75 Å². The molecule has 2 amide bonds. The first-order valence-corrected chi connectivity index (χ1v) is 8.84. The van der Waals surface area contributed by atoms with Crippen LogP contribution in [0.3, 0.4) is 0 Å². The van der Waals surface area contributed by atoms with E-state index in [0.29, 0.717) is 5.57 Å². The van der Waals surface area contributed by atoms with Crippen molar-refractivity contribution >= 4 is 33.4 Å². The van der Waals surface area contributed by atoms with E-state index in [4.69, 9.17) is 0 Å². The smallest absolute Gasteiger partial charge is 0.258 e. The Morgan fingerprint density at radius 3 is 2.48 bits per heavy atom. The number of nitrogens with zero attached hydrogens (tertiary/aromatic N) is 2. The van der Waals surface area contributed by atoms with Gasteiger partial charge in [-0.1, -0.05) is 16.9 Å². The van der Waals surface area contributed by atoms with Crippen molar-refractivity contribution in [1.82, 2.24) is 9.88 Å². The fourth-order valence-corrected chi connectivity index (χ4v) is 4.21. The number of pyridine rings is 1. The molecule has 0 saturated heterocycles. The average molecular weight is 322 g/mol. The molecule has 1 aromatic rings. The summed E-state index contributed by atoms with van der Waals surface area (Å²) in [5.74, 6) is -0.407. The lowest BCUT2D eigenvalue weighted by Crippen LogP contribution is -2.39. The Bertz CT molecular complexity index is 583. The van der Waals surface area contributed by atoms with Gasteiger partial charge >= 0.3 is 0 Å². The van der Waals surface area contributed by atoms with Crippen molar-refractivity contribution in [2.24, 2.45) is 0 Å². The lowest BCUT2D eigenvalue weighted by Gasteiger charge is -2.26. The van der Waals surface area contributed by atoms with Gasteiger partial charge in [0.2, 0.25) is 0 Å². The van der Waals surface area contributed by atoms with Crippen LogP contribution in [0.15, 0.2) is 41.1 Å². The third-order valence-electron chi connectivity index (χ3n) is 3.09. The van der Waals surface area contributed by atoms with Gasteiger partial charge in [-0.3, -0.25) is 14.5 Å². The van der Waals surface area contributed by atoms with Gasteiger partial charge in [0.25, 0.3) is 11.8 Å². The molecule has 0 unspecified atom stereocenters. The Labute approximate surface area is 132 Å². The number of carbonyl (C=O) groups excluding carboxylic acids is 2. The zero-order valence-electron chi connectivity index (χ0n) is 12.5. The third kappa shape index (κ3) is 3.49. The van der Waals surface area contributed by atoms with Gasteiger partial charge in [-0.25, -0.2) is 4.98 Å². The molecule has 0 aliphatic carbocycles. The molecular weight excluding hydrogens is 304 g/mol. The molecular formula is C15H18N2O2S2. The summed E-state index contributed by atoms with van der Waals surface area (Å²) in [6.07, 6.45) is 3.20. The van der Waals surface area contributed by atoms with Crippen LogP contribution in [-0.2, 0) is 9.59 Å². The van der Waals surface area contributed by atoms with Gasteiger partial charge in [0, 0.05) is 23.9 Å². The van der Waals surface area contributed by atoms with Crippen LogP contribution in [0.4, 0.5) is 0 Å². The topological polar surface area (TPSA) is 50.3 Å². The quantitative estimate of drug-likeness (QED) is 0.615. The van der Waals surface area contributed by atoms with Crippen molar-refractivity contribution in [3.63, 3.8) is 0 Å². The lowest BCUT2D eigenvalue weighted by atomic mass is 10.0. The summed E-state index contributed by atoms with van der Waals surface area (Å²) in [7, 11) is 3.04. The summed E-state index contributed by atoms with van der Waals surface area (Å²) in [5, 5.41) is 0.883. The summed E-state index contributed by atoms with van der Waals surface area (Å²) < 4.78 is -0.460. The number of hydrogen-bond acceptors (Lipinski definition) is 5. The van der Waals surface area contributed by atoms with Crippen molar-refractivity contribution in [2.75, 3.05) is 0 Å². The van der Waals surface area contributed by atoms with Crippen molar-refractivity contribution in [3.8, 4) is 0 Å². The summed E-state index contributed by atoms with van der Waals surface area (Å²) in [6, 6.07) is 5.59. The molecule has 4 nitrogen and oxygen atoms in total. The third-order valence-corrected chi connectivity index (χ3v) is 6.24. The average Bonchev–Trinajstić information content (AvgIpc) is 2.74. The molecule has 0 bridgehead atoms. The predicted molar refractivity (Wildman–Crippen MR) is 86.8 cm³/mol. The molecule has 0 atom stereocenters. The normalized spacial score (nSPS) is 15.9. The first-order chi connectivity index (χ1) is 9.83. The van der Waals surface area contributed by atoms with E-state index >= 15 is 0 Å². The summed E-state index contributed by atoms with van der Waals surface area (Å²) in [4.78, 5) is 29.9. The van der Waals surface area contributed by atoms with Gasteiger partial charge in [0.15, 0.2) is 0 Å². The second kappa shape index (κ2) is 6.23. The number of rotatable bonds is 5. The lowest BCUT2D eigenvalue weighted by molar-refractivity contribution is -0.139. The predicted octanol–water partition coefficient (Wildman–Crippen LogP) is 3.30. The molecule has 0 spiro atoms. The molecule has 2 heterocycles. The van der Waals surface area contributed by atoms with Crippen LogP contribution in [0.5, 0.6) is 0 Å². The first kappa shape index (κ1) is 16.1. The van der Waals surface area contributed by atoms with Gasteiger partial charge in [0.1, 0.15) is 5.03 Å². The van der Waals surface area contributed by atoms with E-state index in [-0.39, 0.29) is 17.9 Å². The zero-order valence-corrected chi connectivity index (χ0v) is 14.1. The van der Waals surface area contributed by atoms with Gasteiger partial charge in [-0.05, 0) is 50.6 Å². The number of aromatic nitrogens is 1. The van der Waals surface area contributed by atoms with Crippen LogP contribution in [0.1, 0.15) is 27.7 Å². The monoisotopic (exact) mass is 322 g/mol. The molecule has 6 heteroatoms. The molecule has 1 aromatic heterocycles. The number of hydrogen-bond donors (Lipinski definition) is 0. The molecule has 2 rings (SSSR count). The van der Waals surface area contributed by atoms with Crippen LogP contribution in [0.2, 0.25) is 0 Å². The van der Waals surface area contributed by atoms with E-state index in [1.54, 1.807) is 6.20 Å². The minimum atomic E-state index is -0.460. The Hall–Kier alpha value is -1.27. The molecule has 1 aliphatic rings. The highest BCUT2D eigenvalue weighted by molar-refractivity contribution is 8.77. The number of amides is 2. The van der Waals surface area contributed by atoms with E-state index < -0.39 is 4.75 Å². The second-order valence-corrected chi connectivity index (χ2v) is 8.28. The van der Waals surface area contributed by atoms with E-state index in [1.807, 2.05) is 45.9 Å². The highest BCUT2D eigenvalue weighted by Crippen LogP contribution is 2.45. The molecule has 0 fully saturated rings. The van der Waals surface area contributed by atoms with E-state index in [9.17, 15) is 9.59 Å². The maximum absolute atomic E-state index is 12.4. The van der Waals surface area contributed by atoms with Crippen LogP contribution in [0.25, 0.3) is 0 Å². The molecule has 0 radical (unpaired) electrons. The van der Waals surface area contributed by atoms with E-state index in [1.165, 1.54) is 32.6 Å². The summed E-state index contributed by atoms with van der Waals surface area (Å²) >= 11 is 0. The van der Waals surface area contributed by atoms with Crippen molar-refractivity contribution < 1.29 is 9.59 Å². The van der Waals surface area contributed by atoms with E-state index in [2.05, 4.69) is 4.98 Å². The highest BCUT2D eigenvalue weighted by atomic mass is 33.1. The molecule has 112 valence electrons. The second-order valence-electron chi connectivity index (χ2n) is 5.51. The van der Waals surface area contributed by atoms with Crippen LogP contribution < -0.4 is 0 Å². The minimum absolute atomic E-state index is 0.122. The van der Waals surface area contributed by atoms with Crippen molar-refractivity contribution in [2.45, 2.75) is 43.5 Å². The van der Waals surface area contributed by atoms with Crippen molar-refractivity contribution in [1.29, 1.82) is 0 Å². The summed E-state index contributed by atoms with van der Waals surface area (Å²) in [5.41, 5.74) is 0.551. The van der Waals surface area contributed by atoms with Gasteiger partial charge in [-0.15, -0.1) is 0 Å². The van der Waals surface area contributed by atoms with Gasteiger partial charge in [-0.2, -0.15) is 0 Å². The standard InChI is InChI=1S/C15H18N2O2S2/c1-10(2)17-13(18)9-11(14(17)19)15(3,4)21-20-12-7-5-6-8-16-12/h5-10H,1-4H3. The molecule has 0 N–H and O–H groups in total. The fourth-order valence-electron chi connectivity index (χ4n) is 1.99. The fraction of sp³-hybridized carbons (Fsp3) is 0.400. The van der Waals surface area contributed by atoms with Gasteiger partial charge < -0.3 is 0 Å².